The molecule has 1 aromatic carbocycles. The molecule has 5 heteroatoms. The van der Waals surface area contributed by atoms with Crippen molar-refractivity contribution >= 4 is 0 Å². The van der Waals surface area contributed by atoms with Gasteiger partial charge in [0.15, 0.2) is 0 Å². The smallest absolute Gasteiger partial charge is 0.416 e. The molecule has 0 N–H and O–H groups in total. The second kappa shape index (κ2) is 3.86. The fraction of sp³-hybridized carbons (Fsp3) is 0.333. The van der Waals surface area contributed by atoms with Crippen LogP contribution in [0.2, 0.25) is 0 Å². The number of ether oxygens (including phenoxy) is 1. The zero-order chi connectivity index (χ0) is 10.8. The van der Waals surface area contributed by atoms with Gasteiger partial charge >= 0.3 is 6.18 Å². The van der Waals surface area contributed by atoms with E-state index in [1.807, 2.05) is 0 Å². The molecule has 1 aromatic rings. The van der Waals surface area contributed by atoms with E-state index in [1.165, 1.54) is 13.2 Å². The van der Waals surface area contributed by atoms with Gasteiger partial charge in [0.25, 0.3) is 0 Å². The van der Waals surface area contributed by atoms with Crippen molar-refractivity contribution in [2.75, 3.05) is 7.11 Å². The van der Waals surface area contributed by atoms with Gasteiger partial charge in [-0.05, 0) is 23.8 Å². The average Bonchev–Trinajstić information content (AvgIpc) is 2.15. The summed E-state index contributed by atoms with van der Waals surface area (Å²) in [7, 11) is 1.23. The van der Waals surface area contributed by atoms with Gasteiger partial charge < -0.3 is 4.74 Å². The van der Waals surface area contributed by atoms with E-state index in [0.717, 1.165) is 12.1 Å². The summed E-state index contributed by atoms with van der Waals surface area (Å²) in [6.45, 7) is -0.944. The Bertz CT molecular complexity index is 297. The Labute approximate surface area is 78.3 Å². The number of benzene rings is 1. The van der Waals surface area contributed by atoms with Gasteiger partial charge in [0.1, 0.15) is 12.4 Å². The van der Waals surface area contributed by atoms with Gasteiger partial charge in [-0.3, -0.25) is 0 Å². The van der Waals surface area contributed by atoms with E-state index in [4.69, 9.17) is 0 Å². The molecule has 0 saturated heterocycles. The Hall–Kier alpha value is -1.26. The normalized spacial score (nSPS) is 11.5. The van der Waals surface area contributed by atoms with E-state index in [-0.39, 0.29) is 11.3 Å². The summed E-state index contributed by atoms with van der Waals surface area (Å²) >= 11 is 0. The molecular formula is C9H8F4O. The monoisotopic (exact) mass is 208 g/mol. The number of rotatable bonds is 2. The molecule has 0 aliphatic carbocycles. The van der Waals surface area contributed by atoms with Crippen molar-refractivity contribution in [3.8, 4) is 5.75 Å². The second-order valence-electron chi connectivity index (χ2n) is 2.70. The summed E-state index contributed by atoms with van der Waals surface area (Å²) in [6, 6.07) is 2.83. The Balaban J connectivity index is 3.17. The molecule has 1 rings (SSSR count). The third-order valence-corrected chi connectivity index (χ3v) is 1.68. The maximum atomic E-state index is 12.2. The highest BCUT2D eigenvalue weighted by atomic mass is 19.4. The van der Waals surface area contributed by atoms with E-state index in [1.54, 1.807) is 0 Å². The van der Waals surface area contributed by atoms with Crippen LogP contribution in [-0.4, -0.2) is 7.11 Å². The lowest BCUT2D eigenvalue weighted by atomic mass is 10.1. The van der Waals surface area contributed by atoms with Gasteiger partial charge in [-0.25, -0.2) is 4.39 Å². The van der Waals surface area contributed by atoms with Gasteiger partial charge in [0.05, 0.1) is 12.7 Å². The lowest BCUT2D eigenvalue weighted by Crippen LogP contribution is -2.05. The molecule has 78 valence electrons. The first-order valence-electron chi connectivity index (χ1n) is 3.78. The summed E-state index contributed by atoms with van der Waals surface area (Å²) in [4.78, 5) is 0. The van der Waals surface area contributed by atoms with Crippen LogP contribution < -0.4 is 4.74 Å². The number of alkyl halides is 4. The van der Waals surface area contributed by atoms with Gasteiger partial charge in [-0.1, -0.05) is 0 Å². The molecule has 0 heterocycles. The van der Waals surface area contributed by atoms with Crippen molar-refractivity contribution in [1.29, 1.82) is 0 Å². The summed E-state index contributed by atoms with van der Waals surface area (Å²) in [5.74, 6) is 0.00692. The third-order valence-electron chi connectivity index (χ3n) is 1.68. The summed E-state index contributed by atoms with van der Waals surface area (Å²) in [6.07, 6.45) is -4.47. The van der Waals surface area contributed by atoms with Crippen LogP contribution in [0, 0.1) is 0 Å². The van der Waals surface area contributed by atoms with Crippen LogP contribution in [0.4, 0.5) is 17.6 Å². The first-order chi connectivity index (χ1) is 6.47. The largest absolute Gasteiger partial charge is 0.497 e. The van der Waals surface area contributed by atoms with Crippen molar-refractivity contribution in [2.45, 2.75) is 12.9 Å². The standard InChI is InChI=1S/C9H8F4O/c1-14-8-3-6(5-10)2-7(4-8)9(11,12)13/h2-4H,5H2,1H3. The van der Waals surface area contributed by atoms with Crippen LogP contribution in [-0.2, 0) is 12.9 Å². The maximum absolute atomic E-state index is 12.2. The van der Waals surface area contributed by atoms with Crippen LogP contribution in [0.5, 0.6) is 5.75 Å². The van der Waals surface area contributed by atoms with E-state index in [2.05, 4.69) is 4.74 Å². The molecule has 0 unspecified atom stereocenters. The molecule has 0 aliphatic heterocycles. The van der Waals surface area contributed by atoms with Gasteiger partial charge in [-0.2, -0.15) is 13.2 Å². The van der Waals surface area contributed by atoms with Crippen molar-refractivity contribution in [2.24, 2.45) is 0 Å². The zero-order valence-corrected chi connectivity index (χ0v) is 7.36. The fourth-order valence-corrected chi connectivity index (χ4v) is 1.02. The quantitative estimate of drug-likeness (QED) is 0.678. The molecule has 1 nitrogen and oxygen atoms in total. The molecule has 14 heavy (non-hydrogen) atoms. The Kier molecular flexibility index (Phi) is 2.98. The molecule has 0 saturated carbocycles. The van der Waals surface area contributed by atoms with Gasteiger partial charge in [0.2, 0.25) is 0 Å². The minimum Gasteiger partial charge on any atom is -0.497 e. The summed E-state index contributed by atoms with van der Waals surface area (Å²) < 4.78 is 53.5. The Morgan fingerprint density at radius 2 is 1.86 bits per heavy atom. The highest BCUT2D eigenvalue weighted by Crippen LogP contribution is 2.32. The summed E-state index contributed by atoms with van der Waals surface area (Å²) in [5, 5.41) is 0. The highest BCUT2D eigenvalue weighted by molar-refractivity contribution is 5.35. The van der Waals surface area contributed by atoms with Gasteiger partial charge in [-0.15, -0.1) is 0 Å². The topological polar surface area (TPSA) is 9.23 Å². The van der Waals surface area contributed by atoms with E-state index < -0.39 is 18.4 Å². The highest BCUT2D eigenvalue weighted by Gasteiger charge is 2.31. The SMILES string of the molecule is COc1cc(CF)cc(C(F)(F)F)c1. The summed E-state index contributed by atoms with van der Waals surface area (Å²) in [5.41, 5.74) is -0.943. The molecule has 0 spiro atoms. The molecule has 0 fully saturated rings. The molecule has 0 aliphatic rings. The molecule has 0 bridgehead atoms. The van der Waals surface area contributed by atoms with Crippen LogP contribution >= 0.6 is 0 Å². The van der Waals surface area contributed by atoms with E-state index in [0.29, 0.717) is 0 Å². The zero-order valence-electron chi connectivity index (χ0n) is 7.36. The molecule has 0 atom stereocenters. The minimum atomic E-state index is -4.47. The predicted octanol–water partition coefficient (Wildman–Crippen LogP) is 3.18. The molecule has 0 amide bonds. The molecule has 0 radical (unpaired) electrons. The van der Waals surface area contributed by atoms with Crippen molar-refractivity contribution in [1.82, 2.24) is 0 Å². The van der Waals surface area contributed by atoms with E-state index in [9.17, 15) is 17.6 Å². The van der Waals surface area contributed by atoms with Crippen LogP contribution in [0.3, 0.4) is 0 Å². The predicted molar refractivity (Wildman–Crippen MR) is 42.8 cm³/mol. The van der Waals surface area contributed by atoms with Crippen molar-refractivity contribution < 1.29 is 22.3 Å². The van der Waals surface area contributed by atoms with Crippen LogP contribution in [0.15, 0.2) is 18.2 Å². The number of hydrogen-bond donors (Lipinski definition) is 0. The average molecular weight is 208 g/mol. The number of hydrogen-bond acceptors (Lipinski definition) is 1. The van der Waals surface area contributed by atoms with Crippen molar-refractivity contribution in [3.05, 3.63) is 29.3 Å². The van der Waals surface area contributed by atoms with Crippen LogP contribution in [0.1, 0.15) is 11.1 Å². The number of halogens is 4. The molecule has 0 aromatic heterocycles. The fourth-order valence-electron chi connectivity index (χ4n) is 1.02. The third kappa shape index (κ3) is 2.37. The Morgan fingerprint density at radius 1 is 1.21 bits per heavy atom. The van der Waals surface area contributed by atoms with Crippen LogP contribution in [0.25, 0.3) is 0 Å². The molecular weight excluding hydrogens is 200 g/mol. The lowest BCUT2D eigenvalue weighted by Gasteiger charge is -2.09. The maximum Gasteiger partial charge on any atom is 0.416 e. The second-order valence-corrected chi connectivity index (χ2v) is 2.70. The van der Waals surface area contributed by atoms with Gasteiger partial charge in [0, 0.05) is 0 Å². The van der Waals surface area contributed by atoms with Crippen molar-refractivity contribution in [3.63, 3.8) is 0 Å². The van der Waals surface area contributed by atoms with E-state index >= 15 is 0 Å². The Morgan fingerprint density at radius 3 is 2.29 bits per heavy atom. The first-order valence-corrected chi connectivity index (χ1v) is 3.78. The lowest BCUT2D eigenvalue weighted by molar-refractivity contribution is -0.137. The number of methoxy groups -OCH3 is 1. The minimum absolute atomic E-state index is 0.00692. The first kappa shape index (κ1) is 10.8.